The van der Waals surface area contributed by atoms with Gasteiger partial charge in [-0.15, -0.1) is 21.5 Å². The number of fused-ring (bicyclic) bond motifs is 4. The first kappa shape index (κ1) is 40.2. The Hall–Kier alpha value is -6.58. The molecule has 60 heavy (non-hydrogen) atoms. The number of rotatable bonds is 11. The number of benzene rings is 4. The number of aryl methyl sites for hydroxylation is 3. The van der Waals surface area contributed by atoms with E-state index < -0.39 is 16.1 Å². The zero-order chi connectivity index (χ0) is 42.5. The van der Waals surface area contributed by atoms with Crippen molar-refractivity contribution in [2.75, 3.05) is 10.5 Å². The third-order valence-electron chi connectivity index (χ3n) is 10.6. The van der Waals surface area contributed by atoms with E-state index in [1.807, 2.05) is 74.7 Å². The molecule has 4 aromatic carbocycles. The smallest absolute Gasteiger partial charge is 0.308 e. The molecule has 0 radical (unpaired) electrons. The number of carbonyl (C=O) groups excluding carboxylic acids is 2. The summed E-state index contributed by atoms with van der Waals surface area (Å²) >= 11 is 1.65. The molecule has 8 rings (SSSR count). The summed E-state index contributed by atoms with van der Waals surface area (Å²) in [4.78, 5) is 35.6. The topological polar surface area (TPSA) is 186 Å². The van der Waals surface area contributed by atoms with Crippen LogP contribution in [0.1, 0.15) is 81.0 Å². The summed E-state index contributed by atoms with van der Waals surface area (Å²) in [5.41, 5.74) is 15.5. The number of hydrogen-bond acceptors (Lipinski definition) is 10. The maximum Gasteiger partial charge on any atom is 0.308 e. The van der Waals surface area contributed by atoms with Crippen LogP contribution in [0.15, 0.2) is 101 Å². The standard InChI is InChI=1S/C45H44N8O5S2/c1-24(2)58-38(54)21-37-43-51-50-28(6)53(43)45-40(26(4)27(5)59-45)41(49-37)32-14-10-30(11-15-32)31-12-16-33(17-13-31)44(55)48-22-29-8-18-34(19-9-29)60(56,57)52-36-20-7-25(3)39-35(46)23-47-42(36)39/h7-20,23-24,37,47,52H,21-22,46H2,1-6H3,(H,48,55)/t37-/m0/s1. The van der Waals surface area contributed by atoms with E-state index in [1.54, 1.807) is 47.9 Å². The van der Waals surface area contributed by atoms with Crippen molar-refractivity contribution in [2.45, 2.75) is 71.5 Å². The fourth-order valence-electron chi connectivity index (χ4n) is 7.44. The minimum atomic E-state index is -3.89. The molecule has 0 saturated heterocycles. The number of nitrogens with two attached hydrogens (primary N) is 1. The van der Waals surface area contributed by atoms with Gasteiger partial charge in [-0.3, -0.25) is 23.9 Å². The lowest BCUT2D eigenvalue weighted by Gasteiger charge is -2.14. The third kappa shape index (κ3) is 7.69. The Bertz CT molecular complexity index is 2930. The number of thiophene rings is 1. The quantitative estimate of drug-likeness (QED) is 0.0938. The number of aromatic amines is 1. The molecular formula is C45H44N8O5S2. The number of carbonyl (C=O) groups is 2. The Morgan fingerprint density at radius 1 is 0.900 bits per heavy atom. The number of nitrogens with zero attached hydrogens (tertiary/aromatic N) is 4. The molecule has 4 heterocycles. The molecule has 1 aliphatic heterocycles. The molecule has 13 nitrogen and oxygen atoms in total. The highest BCUT2D eigenvalue weighted by atomic mass is 32.2. The van der Waals surface area contributed by atoms with Crippen molar-refractivity contribution in [1.82, 2.24) is 25.1 Å². The van der Waals surface area contributed by atoms with E-state index in [4.69, 9.17) is 15.5 Å². The summed E-state index contributed by atoms with van der Waals surface area (Å²) in [6, 6.07) is 24.8. The predicted molar refractivity (Wildman–Crippen MR) is 235 cm³/mol. The first-order valence-electron chi connectivity index (χ1n) is 19.5. The highest BCUT2D eigenvalue weighted by molar-refractivity contribution is 7.92. The molecule has 0 saturated carbocycles. The maximum absolute atomic E-state index is 13.2. The van der Waals surface area contributed by atoms with Gasteiger partial charge < -0.3 is 20.8 Å². The van der Waals surface area contributed by atoms with Crippen molar-refractivity contribution in [3.05, 3.63) is 141 Å². The van der Waals surface area contributed by atoms with Crippen LogP contribution in [-0.2, 0) is 26.1 Å². The molecule has 5 N–H and O–H groups in total. The predicted octanol–water partition coefficient (Wildman–Crippen LogP) is 8.26. The van der Waals surface area contributed by atoms with Gasteiger partial charge >= 0.3 is 5.97 Å². The van der Waals surface area contributed by atoms with Crippen molar-refractivity contribution in [1.29, 1.82) is 0 Å². The molecule has 3 aromatic heterocycles. The second kappa shape index (κ2) is 15.9. The first-order chi connectivity index (χ1) is 28.7. The molecular weight excluding hydrogens is 797 g/mol. The van der Waals surface area contributed by atoms with Crippen molar-refractivity contribution < 1.29 is 22.7 Å². The van der Waals surface area contributed by atoms with Gasteiger partial charge in [0.1, 0.15) is 16.9 Å². The summed E-state index contributed by atoms with van der Waals surface area (Å²) in [7, 11) is -3.89. The van der Waals surface area contributed by atoms with Gasteiger partial charge in [0, 0.05) is 39.7 Å². The van der Waals surface area contributed by atoms with E-state index in [1.165, 1.54) is 12.1 Å². The molecule has 0 unspecified atom stereocenters. The molecule has 1 aliphatic rings. The van der Waals surface area contributed by atoms with Crippen molar-refractivity contribution in [3.63, 3.8) is 0 Å². The number of hydrogen-bond donors (Lipinski definition) is 4. The zero-order valence-electron chi connectivity index (χ0n) is 34.0. The molecule has 1 amide bonds. The van der Waals surface area contributed by atoms with Crippen LogP contribution in [0, 0.1) is 27.7 Å². The van der Waals surface area contributed by atoms with Gasteiger partial charge in [-0.1, -0.05) is 54.6 Å². The van der Waals surface area contributed by atoms with Crippen molar-refractivity contribution >= 4 is 61.2 Å². The van der Waals surface area contributed by atoms with E-state index in [9.17, 15) is 18.0 Å². The van der Waals surface area contributed by atoms with E-state index in [0.29, 0.717) is 28.3 Å². The molecule has 0 spiro atoms. The minimum absolute atomic E-state index is 0.0305. The molecule has 7 aromatic rings. The highest BCUT2D eigenvalue weighted by Crippen LogP contribution is 2.40. The van der Waals surface area contributed by atoms with Crippen LogP contribution < -0.4 is 15.8 Å². The average molecular weight is 841 g/mol. The number of anilines is 2. The zero-order valence-corrected chi connectivity index (χ0v) is 35.6. The van der Waals surface area contributed by atoms with Crippen LogP contribution in [0.25, 0.3) is 27.0 Å². The van der Waals surface area contributed by atoms with E-state index in [0.717, 1.165) is 65.7 Å². The number of H-pyrrole nitrogens is 1. The van der Waals surface area contributed by atoms with E-state index in [-0.39, 0.29) is 35.8 Å². The molecule has 0 aliphatic carbocycles. The third-order valence-corrected chi connectivity index (χ3v) is 13.2. The number of ether oxygens (including phenoxy) is 1. The number of aromatic nitrogens is 4. The molecule has 15 heteroatoms. The first-order valence-corrected chi connectivity index (χ1v) is 21.8. The fourth-order valence-corrected chi connectivity index (χ4v) is 9.72. The number of nitrogens with one attached hydrogen (secondary N) is 3. The van der Waals surface area contributed by atoms with E-state index in [2.05, 4.69) is 39.1 Å². The van der Waals surface area contributed by atoms with Gasteiger partial charge in [0.25, 0.3) is 15.9 Å². The van der Waals surface area contributed by atoms with Crippen LogP contribution in [0.3, 0.4) is 0 Å². The normalized spacial score (nSPS) is 13.7. The second-order valence-electron chi connectivity index (χ2n) is 15.2. The monoisotopic (exact) mass is 840 g/mol. The lowest BCUT2D eigenvalue weighted by molar-refractivity contribution is -0.147. The van der Waals surface area contributed by atoms with Crippen LogP contribution in [0.2, 0.25) is 0 Å². The van der Waals surface area contributed by atoms with Crippen LogP contribution in [-0.4, -0.2) is 51.9 Å². The lowest BCUT2D eigenvalue weighted by Crippen LogP contribution is -2.22. The van der Waals surface area contributed by atoms with Gasteiger partial charge in [0.2, 0.25) is 0 Å². The summed E-state index contributed by atoms with van der Waals surface area (Å²) in [5.74, 6) is 0.715. The summed E-state index contributed by atoms with van der Waals surface area (Å²) < 4.78 is 36.7. The van der Waals surface area contributed by atoms with Crippen molar-refractivity contribution in [3.8, 4) is 16.1 Å². The molecule has 0 bridgehead atoms. The summed E-state index contributed by atoms with van der Waals surface area (Å²) in [6.07, 6.45) is 1.42. The number of nitrogen functional groups attached to an aromatic ring is 1. The molecule has 306 valence electrons. The lowest BCUT2D eigenvalue weighted by atomic mass is 9.96. The Kier molecular flexibility index (Phi) is 10.6. The second-order valence-corrected chi connectivity index (χ2v) is 18.0. The molecule has 0 fully saturated rings. The number of esters is 1. The minimum Gasteiger partial charge on any atom is -0.463 e. The number of aliphatic imine (C=N–C) groups is 1. The van der Waals surface area contributed by atoms with Gasteiger partial charge in [0.15, 0.2) is 5.82 Å². The maximum atomic E-state index is 13.2. The molecule has 1 atom stereocenters. The number of amides is 1. The Morgan fingerprint density at radius 3 is 2.25 bits per heavy atom. The Balaban J connectivity index is 0.950. The van der Waals surface area contributed by atoms with Crippen LogP contribution in [0.5, 0.6) is 0 Å². The SMILES string of the molecule is Cc1sc2c(c1C)C(c1ccc(-c3ccc(C(=O)NCc4ccc(S(=O)(=O)Nc5ccc(C)c6c(N)c[nH]c56)cc4)cc3)cc1)=N[C@@H](CC(=O)OC(C)C)c1nnc(C)n1-2. The Morgan fingerprint density at radius 2 is 1.57 bits per heavy atom. The largest absolute Gasteiger partial charge is 0.463 e. The Labute approximate surface area is 351 Å². The van der Waals surface area contributed by atoms with Gasteiger partial charge in [-0.05, 0) is 99.7 Å². The highest BCUT2D eigenvalue weighted by Gasteiger charge is 2.33. The summed E-state index contributed by atoms with van der Waals surface area (Å²) in [5, 5.41) is 13.5. The van der Waals surface area contributed by atoms with Crippen molar-refractivity contribution in [2.24, 2.45) is 4.99 Å². The van der Waals surface area contributed by atoms with E-state index >= 15 is 0 Å². The average Bonchev–Trinajstić information content (AvgIpc) is 3.87. The summed E-state index contributed by atoms with van der Waals surface area (Å²) in [6.45, 7) is 11.9. The fraction of sp³-hybridized carbons (Fsp3) is 0.222. The van der Waals surface area contributed by atoms with Crippen LogP contribution in [0.4, 0.5) is 11.4 Å². The number of sulfonamides is 1. The van der Waals surface area contributed by atoms with Gasteiger partial charge in [-0.25, -0.2) is 8.42 Å². The van der Waals surface area contributed by atoms with Crippen LogP contribution >= 0.6 is 11.3 Å². The van der Waals surface area contributed by atoms with Gasteiger partial charge in [-0.2, -0.15) is 0 Å². The van der Waals surface area contributed by atoms with Gasteiger partial charge in [0.05, 0.1) is 40.0 Å².